The number of hydrogen-bond acceptors (Lipinski definition) is 4. The van der Waals surface area contributed by atoms with Crippen molar-refractivity contribution < 1.29 is 9.53 Å². The minimum absolute atomic E-state index is 0.243. The van der Waals surface area contributed by atoms with Crippen molar-refractivity contribution in [1.82, 2.24) is 14.3 Å². The number of fused-ring (bicyclic) bond motifs is 1. The third-order valence-electron chi connectivity index (χ3n) is 5.28. The quantitative estimate of drug-likeness (QED) is 0.477. The van der Waals surface area contributed by atoms with Crippen molar-refractivity contribution in [3.63, 3.8) is 0 Å². The minimum Gasteiger partial charge on any atom is -0.465 e. The van der Waals surface area contributed by atoms with Gasteiger partial charge in [0.25, 0.3) is 5.56 Å². The molecule has 2 aromatic rings. The molecule has 0 spiro atoms. The molecule has 0 aromatic heterocycles. The Kier molecular flexibility index (Phi) is 4.99. The van der Waals surface area contributed by atoms with Crippen LogP contribution in [0.25, 0.3) is 22.6 Å². The van der Waals surface area contributed by atoms with Crippen LogP contribution in [-0.4, -0.2) is 27.4 Å². The van der Waals surface area contributed by atoms with Crippen molar-refractivity contribution in [3.05, 3.63) is 88.0 Å². The Bertz CT molecular complexity index is 1250. The fourth-order valence-electron chi connectivity index (χ4n) is 3.51. The van der Waals surface area contributed by atoms with Crippen LogP contribution in [0.2, 0.25) is 0 Å². The van der Waals surface area contributed by atoms with Gasteiger partial charge in [-0.15, -0.1) is 0 Å². The van der Waals surface area contributed by atoms with Crippen molar-refractivity contribution in [2.24, 2.45) is 0 Å². The number of carbonyl (C=O) groups excluding carboxylic acids is 1. The smallest absolute Gasteiger partial charge is 0.341 e. The van der Waals surface area contributed by atoms with Crippen molar-refractivity contribution >= 4 is 5.97 Å². The van der Waals surface area contributed by atoms with E-state index in [1.54, 1.807) is 17.0 Å². The standard InChI is InChI=1S/C24H23N3O3/c1-15(2)17-9-11-18(12-10-17)26-13-19-22(20(14-26)24(29)30-4)25-27(23(19)28)21-8-6-5-7-16(21)3/h5-15H,1-4H3. The fraction of sp³-hybridized carbons (Fsp3) is 0.208. The molecule has 6 heteroatoms. The second-order valence-electron chi connectivity index (χ2n) is 7.58. The molecule has 2 aliphatic rings. The number of methoxy groups -OCH3 is 1. The van der Waals surface area contributed by atoms with E-state index < -0.39 is 5.97 Å². The van der Waals surface area contributed by atoms with Gasteiger partial charge >= 0.3 is 5.97 Å². The molecule has 0 bridgehead atoms. The Morgan fingerprint density at radius 2 is 1.73 bits per heavy atom. The first-order valence-electron chi connectivity index (χ1n) is 9.80. The molecule has 0 saturated carbocycles. The zero-order chi connectivity index (χ0) is 21.4. The number of ether oxygens (including phenoxy) is 1. The first-order valence-corrected chi connectivity index (χ1v) is 9.80. The molecule has 2 heterocycles. The third-order valence-corrected chi connectivity index (χ3v) is 5.28. The molecule has 0 radical (unpaired) electrons. The van der Waals surface area contributed by atoms with Crippen LogP contribution < -0.4 is 5.56 Å². The molecule has 0 atom stereocenters. The first kappa shape index (κ1) is 19.6. The number of pyridine rings is 1. The normalized spacial score (nSPS) is 11.2. The maximum atomic E-state index is 13.2. The Morgan fingerprint density at radius 1 is 1.03 bits per heavy atom. The van der Waals surface area contributed by atoms with E-state index in [2.05, 4.69) is 18.9 Å². The van der Waals surface area contributed by atoms with Gasteiger partial charge in [0.2, 0.25) is 0 Å². The third kappa shape index (κ3) is 3.30. The van der Waals surface area contributed by atoms with E-state index in [9.17, 15) is 9.59 Å². The summed E-state index contributed by atoms with van der Waals surface area (Å²) >= 11 is 0. The van der Waals surface area contributed by atoms with E-state index in [0.29, 0.717) is 22.9 Å². The number of benzene rings is 2. The lowest BCUT2D eigenvalue weighted by atomic mass is 10.0. The van der Waals surface area contributed by atoms with Crippen LogP contribution in [0, 0.1) is 6.92 Å². The predicted molar refractivity (Wildman–Crippen MR) is 116 cm³/mol. The lowest BCUT2D eigenvalue weighted by molar-refractivity contribution is 0.0600. The van der Waals surface area contributed by atoms with Crippen molar-refractivity contribution in [2.75, 3.05) is 7.11 Å². The van der Waals surface area contributed by atoms with E-state index in [1.807, 2.05) is 55.5 Å². The molecule has 0 amide bonds. The highest BCUT2D eigenvalue weighted by atomic mass is 16.5. The highest BCUT2D eigenvalue weighted by Gasteiger charge is 2.25. The molecule has 0 N–H and O–H groups in total. The highest BCUT2D eigenvalue weighted by Crippen LogP contribution is 2.26. The molecule has 6 nitrogen and oxygen atoms in total. The van der Waals surface area contributed by atoms with Crippen LogP contribution in [0.5, 0.6) is 0 Å². The summed E-state index contributed by atoms with van der Waals surface area (Å²) in [5, 5.41) is 4.47. The number of rotatable bonds is 4. The average Bonchev–Trinajstić information content (AvgIpc) is 3.09. The molecule has 0 aliphatic carbocycles. The molecule has 2 aliphatic heterocycles. The summed E-state index contributed by atoms with van der Waals surface area (Å²) in [7, 11) is 1.32. The Balaban J connectivity index is 1.95. The van der Waals surface area contributed by atoms with Gasteiger partial charge in [-0.2, -0.15) is 9.78 Å². The van der Waals surface area contributed by atoms with Gasteiger partial charge in [-0.3, -0.25) is 4.79 Å². The maximum absolute atomic E-state index is 13.2. The van der Waals surface area contributed by atoms with Gasteiger partial charge < -0.3 is 9.30 Å². The van der Waals surface area contributed by atoms with Crippen LogP contribution in [0.4, 0.5) is 0 Å². The van der Waals surface area contributed by atoms with Gasteiger partial charge in [0.15, 0.2) is 0 Å². The molecular formula is C24H23N3O3. The van der Waals surface area contributed by atoms with E-state index >= 15 is 0 Å². The summed E-state index contributed by atoms with van der Waals surface area (Å²) in [6.07, 6.45) is 3.38. The number of hydrogen-bond donors (Lipinski definition) is 0. The lowest BCUT2D eigenvalue weighted by Crippen LogP contribution is -2.16. The summed E-state index contributed by atoms with van der Waals surface area (Å²) in [6, 6.07) is 15.5. The fourth-order valence-corrected chi connectivity index (χ4v) is 3.51. The largest absolute Gasteiger partial charge is 0.465 e. The number of carbonyl (C=O) groups is 1. The average molecular weight is 401 g/mol. The van der Waals surface area contributed by atoms with E-state index in [4.69, 9.17) is 4.74 Å². The van der Waals surface area contributed by atoms with Gasteiger partial charge in [0, 0.05) is 18.1 Å². The van der Waals surface area contributed by atoms with Crippen molar-refractivity contribution in [2.45, 2.75) is 26.7 Å². The Morgan fingerprint density at radius 3 is 2.37 bits per heavy atom. The van der Waals surface area contributed by atoms with Gasteiger partial charge in [0.1, 0.15) is 11.3 Å². The van der Waals surface area contributed by atoms with Crippen LogP contribution in [0.3, 0.4) is 0 Å². The van der Waals surface area contributed by atoms with E-state index in [1.165, 1.54) is 17.4 Å². The zero-order valence-corrected chi connectivity index (χ0v) is 17.4. The number of aryl methyl sites for hydroxylation is 1. The Labute approximate surface area is 174 Å². The van der Waals surface area contributed by atoms with E-state index in [-0.39, 0.29) is 11.1 Å². The SMILES string of the molecule is COC(=O)c1cn(-c2ccc(C(C)C)cc2)cc2c(=O)n(-c3ccccc3C)nc1-2. The van der Waals surface area contributed by atoms with E-state index in [0.717, 1.165) is 11.3 Å². The van der Waals surface area contributed by atoms with Gasteiger partial charge in [0.05, 0.1) is 18.4 Å². The molecule has 0 unspecified atom stereocenters. The molecule has 0 saturated heterocycles. The van der Waals surface area contributed by atoms with Crippen LogP contribution in [0.15, 0.2) is 65.7 Å². The Hall–Kier alpha value is -3.67. The molecular weight excluding hydrogens is 378 g/mol. The summed E-state index contributed by atoms with van der Waals surface area (Å²) in [5.74, 6) is -0.125. The number of aromatic nitrogens is 3. The molecule has 152 valence electrons. The predicted octanol–water partition coefficient (Wildman–Crippen LogP) is 4.35. The molecule has 4 rings (SSSR count). The first-order chi connectivity index (χ1) is 14.4. The summed E-state index contributed by atoms with van der Waals surface area (Å²) in [5.41, 5.74) is 4.30. The minimum atomic E-state index is -0.539. The van der Waals surface area contributed by atoms with Gasteiger partial charge in [-0.1, -0.05) is 44.2 Å². The molecule has 30 heavy (non-hydrogen) atoms. The molecule has 0 fully saturated rings. The summed E-state index contributed by atoms with van der Waals surface area (Å²) < 4.78 is 8.07. The van der Waals surface area contributed by atoms with Crippen LogP contribution in [0.1, 0.15) is 41.3 Å². The summed E-state index contributed by atoms with van der Waals surface area (Å²) in [4.78, 5) is 25.7. The monoisotopic (exact) mass is 401 g/mol. The van der Waals surface area contributed by atoms with Gasteiger partial charge in [-0.05, 0) is 42.2 Å². The maximum Gasteiger partial charge on any atom is 0.341 e. The van der Waals surface area contributed by atoms with Crippen LogP contribution in [-0.2, 0) is 4.74 Å². The second-order valence-corrected chi connectivity index (χ2v) is 7.58. The lowest BCUT2D eigenvalue weighted by Gasteiger charge is -2.13. The van der Waals surface area contributed by atoms with Crippen molar-refractivity contribution in [1.29, 1.82) is 0 Å². The second kappa shape index (κ2) is 7.63. The van der Waals surface area contributed by atoms with Crippen LogP contribution >= 0.6 is 0 Å². The topological polar surface area (TPSA) is 66.1 Å². The molecule has 2 aromatic carbocycles. The zero-order valence-electron chi connectivity index (χ0n) is 17.4. The van der Waals surface area contributed by atoms with Crippen molar-refractivity contribution in [3.8, 4) is 22.6 Å². The number of para-hydroxylation sites is 1. The number of esters is 1. The van der Waals surface area contributed by atoms with Gasteiger partial charge in [-0.25, -0.2) is 4.79 Å². The summed E-state index contributed by atoms with van der Waals surface area (Å²) in [6.45, 7) is 6.18. The highest BCUT2D eigenvalue weighted by molar-refractivity contribution is 5.96. The number of nitrogens with zero attached hydrogens (tertiary/aromatic N) is 3.